The van der Waals surface area contributed by atoms with E-state index in [4.69, 9.17) is 14.6 Å². The van der Waals surface area contributed by atoms with Crippen LogP contribution in [0, 0.1) is 6.92 Å². The van der Waals surface area contributed by atoms with Crippen LogP contribution in [0.15, 0.2) is 52.7 Å². The van der Waals surface area contributed by atoms with E-state index in [1.807, 2.05) is 26.0 Å². The Bertz CT molecular complexity index is 1080. The Hall–Kier alpha value is -3.66. The summed E-state index contributed by atoms with van der Waals surface area (Å²) in [4.78, 5) is 34.9. The van der Waals surface area contributed by atoms with E-state index in [2.05, 4.69) is 15.5 Å². The molecule has 3 rings (SSSR count). The number of carbonyl (C=O) groups is 3. The molecular weight excluding hydrogens is 434 g/mol. The van der Waals surface area contributed by atoms with E-state index in [-0.39, 0.29) is 17.3 Å². The Morgan fingerprint density at radius 2 is 1.94 bits per heavy atom. The minimum absolute atomic E-state index is 0.228. The fourth-order valence-corrected chi connectivity index (χ4v) is 3.61. The Kier molecular flexibility index (Phi) is 7.61. The summed E-state index contributed by atoms with van der Waals surface area (Å²) in [7, 11) is 0. The highest BCUT2D eigenvalue weighted by Gasteiger charge is 2.32. The van der Waals surface area contributed by atoms with Gasteiger partial charge in [0.15, 0.2) is 16.7 Å². The number of thioether (sulfide) groups is 1. The van der Waals surface area contributed by atoms with Crippen molar-refractivity contribution in [3.05, 3.63) is 59.2 Å². The van der Waals surface area contributed by atoms with Gasteiger partial charge < -0.3 is 19.9 Å². The Morgan fingerprint density at radius 1 is 1.19 bits per heavy atom. The van der Waals surface area contributed by atoms with Crippen LogP contribution in [0.25, 0.3) is 0 Å². The molecule has 1 amide bonds. The topological polar surface area (TPSA) is 127 Å². The molecule has 2 aromatic rings. The minimum atomic E-state index is -1.06. The summed E-state index contributed by atoms with van der Waals surface area (Å²) in [5, 5.41) is 18.7. The van der Waals surface area contributed by atoms with Crippen molar-refractivity contribution in [2.75, 3.05) is 6.61 Å². The van der Waals surface area contributed by atoms with Gasteiger partial charge in [-0.2, -0.15) is 5.10 Å². The molecule has 0 bridgehead atoms. The molecule has 1 unspecified atom stereocenters. The fourth-order valence-electron chi connectivity index (χ4n) is 2.70. The van der Waals surface area contributed by atoms with Crippen LogP contribution in [0.3, 0.4) is 0 Å². The predicted octanol–water partition coefficient (Wildman–Crippen LogP) is 3.01. The Morgan fingerprint density at radius 3 is 2.62 bits per heavy atom. The normalized spacial score (nSPS) is 16.9. The second-order valence-electron chi connectivity index (χ2n) is 6.74. The molecule has 166 valence electrons. The molecule has 1 fully saturated rings. The molecule has 32 heavy (non-hydrogen) atoms. The summed E-state index contributed by atoms with van der Waals surface area (Å²) in [5.74, 6) is -1.33. The molecular formula is C22H21N3O6S. The molecule has 1 saturated heterocycles. The molecule has 1 atom stereocenters. The summed E-state index contributed by atoms with van der Waals surface area (Å²) in [6, 6.07) is 12.0. The van der Waals surface area contributed by atoms with E-state index < -0.39 is 23.1 Å². The monoisotopic (exact) mass is 455 g/mol. The molecule has 0 aliphatic carbocycles. The van der Waals surface area contributed by atoms with Crippen molar-refractivity contribution in [2.45, 2.75) is 25.5 Å². The zero-order chi connectivity index (χ0) is 23.1. The lowest BCUT2D eigenvalue weighted by Crippen LogP contribution is -2.26. The number of carbonyl (C=O) groups excluding carboxylic acids is 2. The van der Waals surface area contributed by atoms with Crippen molar-refractivity contribution in [3.8, 4) is 11.5 Å². The van der Waals surface area contributed by atoms with Crippen LogP contribution in [0.2, 0.25) is 0 Å². The lowest BCUT2D eigenvalue weighted by molar-refractivity contribution is -0.138. The first-order valence-electron chi connectivity index (χ1n) is 9.71. The van der Waals surface area contributed by atoms with Gasteiger partial charge in [0.1, 0.15) is 5.25 Å². The second-order valence-corrected chi connectivity index (χ2v) is 7.93. The number of aryl methyl sites for hydroxylation is 1. The maximum absolute atomic E-state index is 12.4. The standard InChI is InChI=1S/C22H21N3O6S/c1-3-30-17-10-14(12-23-25-22-24-20(28)18(32-22)11-19(26)27)6-9-16(17)31-21(29)15-7-4-13(2)5-8-15/h4-10,12,18H,3,11H2,1-2H3,(H,26,27)(H,24,25,28). The first-order chi connectivity index (χ1) is 15.4. The zero-order valence-corrected chi connectivity index (χ0v) is 18.2. The number of carboxylic acids is 1. The Labute approximate surface area is 188 Å². The third-order valence-corrected chi connectivity index (χ3v) is 5.32. The number of nitrogens with one attached hydrogen (secondary N) is 1. The van der Waals surface area contributed by atoms with Crippen LogP contribution in [-0.4, -0.2) is 46.2 Å². The van der Waals surface area contributed by atoms with Gasteiger partial charge in [-0.25, -0.2) is 4.79 Å². The first-order valence-corrected chi connectivity index (χ1v) is 10.6. The van der Waals surface area contributed by atoms with Crippen LogP contribution >= 0.6 is 11.8 Å². The molecule has 0 radical (unpaired) electrons. The van der Waals surface area contributed by atoms with E-state index in [1.54, 1.807) is 30.3 Å². The van der Waals surface area contributed by atoms with Gasteiger partial charge in [0.2, 0.25) is 5.91 Å². The molecule has 1 aliphatic rings. The summed E-state index contributed by atoms with van der Waals surface area (Å²) < 4.78 is 11.1. The number of benzene rings is 2. The van der Waals surface area contributed by atoms with E-state index in [1.165, 1.54) is 6.21 Å². The fraction of sp³-hybridized carbons (Fsp3) is 0.227. The predicted molar refractivity (Wildman–Crippen MR) is 121 cm³/mol. The highest BCUT2D eigenvalue weighted by molar-refractivity contribution is 8.15. The number of hydrogen-bond donors (Lipinski definition) is 2. The highest BCUT2D eigenvalue weighted by atomic mass is 32.2. The van der Waals surface area contributed by atoms with E-state index in [0.29, 0.717) is 23.5 Å². The van der Waals surface area contributed by atoms with Gasteiger partial charge in [0.25, 0.3) is 0 Å². The van der Waals surface area contributed by atoms with Gasteiger partial charge in [-0.15, -0.1) is 5.10 Å². The van der Waals surface area contributed by atoms with Gasteiger partial charge in [-0.3, -0.25) is 9.59 Å². The summed E-state index contributed by atoms with van der Waals surface area (Å²) >= 11 is 1.01. The van der Waals surface area contributed by atoms with Crippen molar-refractivity contribution in [1.82, 2.24) is 5.32 Å². The maximum atomic E-state index is 12.4. The van der Waals surface area contributed by atoms with E-state index in [9.17, 15) is 14.4 Å². The summed E-state index contributed by atoms with van der Waals surface area (Å²) in [6.07, 6.45) is 1.15. The molecule has 0 aromatic heterocycles. The number of carboxylic acid groups (broad SMARTS) is 1. The number of rotatable bonds is 8. The maximum Gasteiger partial charge on any atom is 0.343 e. The van der Waals surface area contributed by atoms with Crippen LogP contribution in [-0.2, 0) is 9.59 Å². The van der Waals surface area contributed by atoms with Crippen molar-refractivity contribution < 1.29 is 29.0 Å². The summed E-state index contributed by atoms with van der Waals surface area (Å²) in [6.45, 7) is 4.11. The van der Waals surface area contributed by atoms with Gasteiger partial charge in [0, 0.05) is 0 Å². The van der Waals surface area contributed by atoms with Crippen LogP contribution in [0.1, 0.15) is 34.8 Å². The largest absolute Gasteiger partial charge is 0.490 e. The molecule has 1 heterocycles. The number of nitrogens with zero attached hydrogens (tertiary/aromatic N) is 2. The first kappa shape index (κ1) is 23.0. The van der Waals surface area contributed by atoms with E-state index in [0.717, 1.165) is 17.3 Å². The van der Waals surface area contributed by atoms with Crippen molar-refractivity contribution in [1.29, 1.82) is 0 Å². The highest BCUT2D eigenvalue weighted by Crippen LogP contribution is 2.29. The van der Waals surface area contributed by atoms with Crippen LogP contribution in [0.5, 0.6) is 11.5 Å². The van der Waals surface area contributed by atoms with Crippen molar-refractivity contribution in [2.24, 2.45) is 10.2 Å². The SMILES string of the molecule is CCOc1cc(C=N/N=C2/NC(=O)C(CC(=O)O)S2)ccc1OC(=O)c1ccc(C)cc1. The molecule has 0 saturated carbocycles. The number of amidine groups is 1. The lowest BCUT2D eigenvalue weighted by Gasteiger charge is -2.11. The molecule has 9 nitrogen and oxygen atoms in total. The molecule has 2 N–H and O–H groups in total. The number of aliphatic carboxylic acids is 1. The molecule has 0 spiro atoms. The third-order valence-electron chi connectivity index (χ3n) is 4.25. The number of hydrogen-bond acceptors (Lipinski definition) is 8. The third kappa shape index (κ3) is 6.17. The number of ether oxygens (including phenoxy) is 2. The van der Waals surface area contributed by atoms with Gasteiger partial charge in [-0.1, -0.05) is 29.5 Å². The Balaban J connectivity index is 1.70. The van der Waals surface area contributed by atoms with E-state index >= 15 is 0 Å². The van der Waals surface area contributed by atoms with Gasteiger partial charge in [0.05, 0.1) is 24.8 Å². The quantitative estimate of drug-likeness (QED) is 0.271. The minimum Gasteiger partial charge on any atom is -0.490 e. The molecule has 1 aliphatic heterocycles. The smallest absolute Gasteiger partial charge is 0.343 e. The van der Waals surface area contributed by atoms with Crippen LogP contribution in [0.4, 0.5) is 0 Å². The van der Waals surface area contributed by atoms with Gasteiger partial charge >= 0.3 is 11.9 Å². The van der Waals surface area contributed by atoms with Crippen LogP contribution < -0.4 is 14.8 Å². The zero-order valence-electron chi connectivity index (χ0n) is 17.4. The average molecular weight is 455 g/mol. The van der Waals surface area contributed by atoms with Crippen molar-refractivity contribution in [3.63, 3.8) is 0 Å². The lowest BCUT2D eigenvalue weighted by atomic mass is 10.1. The summed E-state index contributed by atoms with van der Waals surface area (Å²) in [5.41, 5.74) is 2.10. The average Bonchev–Trinajstić information content (AvgIpc) is 3.09. The second kappa shape index (κ2) is 10.6. The molecule has 10 heteroatoms. The van der Waals surface area contributed by atoms with Gasteiger partial charge in [-0.05, 0) is 49.7 Å². The number of esters is 1. The number of amides is 1. The molecule has 2 aromatic carbocycles. The van der Waals surface area contributed by atoms with Crippen molar-refractivity contribution >= 4 is 41.0 Å².